The lowest BCUT2D eigenvalue weighted by Gasteiger charge is -2.61. The summed E-state index contributed by atoms with van der Waals surface area (Å²) in [7, 11) is 3.26. The van der Waals surface area contributed by atoms with Gasteiger partial charge in [0.25, 0.3) is 0 Å². The molecule has 0 bridgehead atoms. The highest BCUT2D eigenvalue weighted by molar-refractivity contribution is 7.33. The summed E-state index contributed by atoms with van der Waals surface area (Å²) in [5.41, 5.74) is 0.862. The van der Waals surface area contributed by atoms with Crippen molar-refractivity contribution in [3.05, 3.63) is 0 Å². The maximum Gasteiger partial charge on any atom is 0.321 e. The number of carbonyl (C=O) groups excluding carboxylic acids is 1. The van der Waals surface area contributed by atoms with Gasteiger partial charge >= 0.3 is 14.2 Å². The molecule has 0 saturated heterocycles. The first-order valence-corrected chi connectivity index (χ1v) is 20.3. The zero-order valence-corrected chi connectivity index (χ0v) is 32.5. The summed E-state index contributed by atoms with van der Waals surface area (Å²) in [4.78, 5) is 12.7. The molecule has 0 aromatic rings. The Morgan fingerprint density at radius 3 is 2.28 bits per heavy atom. The SMILES string of the molecule is CC[C@H](CC[C@@H](C)[C@H]1CCC2C3CCC4C[C@@H](OC(=O)CCC(O)O[PH](=O)OCC[N+](C)(C)C)CC[C@]4(C)C3CC[C@@]21C)C(C)C.[OH-]. The lowest BCUT2D eigenvalue weighted by atomic mass is 9.44. The molecule has 47 heavy (non-hydrogen) atoms. The zero-order chi connectivity index (χ0) is 33.9. The zero-order valence-electron chi connectivity index (χ0n) is 31.5. The molecule has 4 aliphatic carbocycles. The quantitative estimate of drug-likeness (QED) is 0.0749. The van der Waals surface area contributed by atoms with Gasteiger partial charge in [0.05, 0.1) is 27.6 Å². The molecule has 0 aromatic heterocycles. The van der Waals surface area contributed by atoms with Gasteiger partial charge in [0.2, 0.25) is 0 Å². The van der Waals surface area contributed by atoms with Gasteiger partial charge in [0, 0.05) is 6.42 Å². The number of aliphatic hydroxyl groups is 1. The minimum Gasteiger partial charge on any atom is -0.870 e. The van der Waals surface area contributed by atoms with E-state index in [0.29, 0.717) is 27.8 Å². The Morgan fingerprint density at radius 2 is 1.62 bits per heavy atom. The van der Waals surface area contributed by atoms with Crippen molar-refractivity contribution in [3.8, 4) is 0 Å². The monoisotopic (exact) mass is 686 g/mol. The summed E-state index contributed by atoms with van der Waals surface area (Å²) in [6.45, 7) is 16.0. The fourth-order valence-corrected chi connectivity index (χ4v) is 11.7. The molecular formula is C38H72NO7P. The van der Waals surface area contributed by atoms with E-state index in [-0.39, 0.29) is 37.0 Å². The van der Waals surface area contributed by atoms with E-state index in [2.05, 4.69) is 41.5 Å². The Labute approximate surface area is 288 Å². The van der Waals surface area contributed by atoms with Gasteiger partial charge in [-0.2, -0.15) is 0 Å². The van der Waals surface area contributed by atoms with E-state index < -0.39 is 14.5 Å². The topological polar surface area (TPSA) is 112 Å². The lowest BCUT2D eigenvalue weighted by Crippen LogP contribution is -2.54. The summed E-state index contributed by atoms with van der Waals surface area (Å²) < 4.78 is 29.0. The van der Waals surface area contributed by atoms with E-state index in [1.54, 1.807) is 0 Å². The third kappa shape index (κ3) is 10.1. The largest absolute Gasteiger partial charge is 0.870 e. The molecule has 0 heterocycles. The maximum atomic E-state index is 12.7. The number of carbonyl (C=O) groups is 1. The molecule has 0 aliphatic heterocycles. The number of aliphatic hydroxyl groups excluding tert-OH is 1. The van der Waals surface area contributed by atoms with Gasteiger partial charge in [-0.05, 0) is 122 Å². The Hall–Kier alpha value is -0.500. The van der Waals surface area contributed by atoms with Crippen LogP contribution in [0.3, 0.4) is 0 Å². The second kappa shape index (κ2) is 17.1. The fraction of sp³-hybridized carbons (Fsp3) is 0.974. The van der Waals surface area contributed by atoms with Crippen LogP contribution in [-0.4, -0.2) is 67.7 Å². The molecule has 9 heteroatoms. The molecule has 0 radical (unpaired) electrons. The summed E-state index contributed by atoms with van der Waals surface area (Å²) in [5, 5.41) is 10.2. The number of nitrogens with zero attached hydrogens (tertiary/aromatic N) is 1. The number of fused-ring (bicyclic) bond motifs is 5. The van der Waals surface area contributed by atoms with Crippen LogP contribution in [0.4, 0.5) is 0 Å². The first-order chi connectivity index (χ1) is 21.6. The molecule has 0 amide bonds. The first kappa shape index (κ1) is 40.9. The fourth-order valence-electron chi connectivity index (χ4n) is 11.1. The number of hydrogen-bond acceptors (Lipinski definition) is 7. The molecule has 0 aromatic carbocycles. The van der Waals surface area contributed by atoms with Gasteiger partial charge in [-0.3, -0.25) is 13.9 Å². The van der Waals surface area contributed by atoms with Crippen molar-refractivity contribution in [3.63, 3.8) is 0 Å². The third-order valence-corrected chi connectivity index (χ3v) is 14.9. The van der Waals surface area contributed by atoms with Crippen LogP contribution in [0.2, 0.25) is 0 Å². The van der Waals surface area contributed by atoms with Crippen LogP contribution in [0.1, 0.15) is 131 Å². The number of ether oxygens (including phenoxy) is 1. The molecule has 4 aliphatic rings. The summed E-state index contributed by atoms with van der Waals surface area (Å²) >= 11 is 0. The number of esters is 1. The van der Waals surface area contributed by atoms with E-state index in [4.69, 9.17) is 13.8 Å². The van der Waals surface area contributed by atoms with Gasteiger partial charge in [-0.1, -0.05) is 54.4 Å². The normalized spacial score (nSPS) is 36.3. The molecule has 0 spiro atoms. The molecular weight excluding hydrogens is 613 g/mol. The minimum absolute atomic E-state index is 0. The predicted octanol–water partition coefficient (Wildman–Crippen LogP) is 8.71. The average molecular weight is 686 g/mol. The standard InChI is InChI=1S/C38H71NO6P.H2O/c1-10-28(26(2)3)12-11-27(4)32-15-16-33-31-14-13-29-25-30(19-21-37(29,5)34(31)20-22-38(32,33)6)44-35(40)17-18-36(41)45-46(42)43-24-23-39(7,8)9;/h26-34,36,41,46H,10-25H2,1-9H3;1H2/q+1;/p-1/t27-,28-,29?,30+,31?,32-,33?,34?,36?,37+,38-;/m1./s1. The molecule has 6 unspecified atom stereocenters. The Balaban J connectivity index is 0.00000600. The summed E-state index contributed by atoms with van der Waals surface area (Å²) in [6.07, 6.45) is 14.2. The molecule has 8 nitrogen and oxygen atoms in total. The highest BCUT2D eigenvalue weighted by Gasteiger charge is 2.60. The second-order valence-corrected chi connectivity index (χ2v) is 19.0. The van der Waals surface area contributed by atoms with Crippen LogP contribution in [-0.2, 0) is 23.1 Å². The van der Waals surface area contributed by atoms with Crippen LogP contribution in [0.5, 0.6) is 0 Å². The lowest BCUT2D eigenvalue weighted by molar-refractivity contribution is -0.870. The van der Waals surface area contributed by atoms with Crippen molar-refractivity contribution >= 4 is 14.2 Å². The van der Waals surface area contributed by atoms with Crippen LogP contribution >= 0.6 is 8.25 Å². The van der Waals surface area contributed by atoms with Crippen LogP contribution in [0.25, 0.3) is 0 Å². The Kier molecular flexibility index (Phi) is 14.9. The summed E-state index contributed by atoms with van der Waals surface area (Å²) in [5.74, 6) is 6.25. The number of likely N-dealkylation sites (N-methyl/N-ethyl adjacent to an activating group) is 1. The van der Waals surface area contributed by atoms with Gasteiger partial charge in [-0.15, -0.1) is 0 Å². The van der Waals surface area contributed by atoms with Crippen molar-refractivity contribution in [2.45, 2.75) is 144 Å². The number of hydrogen-bond donors (Lipinski definition) is 1. The Bertz CT molecular complexity index is 1020. The van der Waals surface area contributed by atoms with Crippen molar-refractivity contribution in [1.82, 2.24) is 0 Å². The van der Waals surface area contributed by atoms with Gasteiger partial charge < -0.3 is 24.3 Å². The van der Waals surface area contributed by atoms with Gasteiger partial charge in [-0.25, -0.2) is 0 Å². The first-order valence-electron chi connectivity index (χ1n) is 19.1. The van der Waals surface area contributed by atoms with Gasteiger partial charge in [0.15, 0.2) is 6.29 Å². The van der Waals surface area contributed by atoms with E-state index in [9.17, 15) is 14.5 Å². The second-order valence-electron chi connectivity index (χ2n) is 18.0. The third-order valence-electron chi connectivity index (χ3n) is 13.9. The highest BCUT2D eigenvalue weighted by atomic mass is 31.1. The molecule has 276 valence electrons. The predicted molar refractivity (Wildman–Crippen MR) is 188 cm³/mol. The Morgan fingerprint density at radius 1 is 0.936 bits per heavy atom. The molecule has 4 rings (SSSR count). The number of quaternary nitrogens is 1. The molecule has 12 atom stereocenters. The van der Waals surface area contributed by atoms with Crippen molar-refractivity contribution < 1.29 is 38.2 Å². The van der Waals surface area contributed by atoms with E-state index in [1.165, 1.54) is 57.8 Å². The van der Waals surface area contributed by atoms with E-state index in [1.807, 2.05) is 21.1 Å². The van der Waals surface area contributed by atoms with Gasteiger partial charge in [0.1, 0.15) is 19.3 Å². The molecule has 4 fully saturated rings. The number of rotatable bonds is 16. The van der Waals surface area contributed by atoms with Crippen molar-refractivity contribution in [2.24, 2.45) is 58.2 Å². The minimum atomic E-state index is -2.80. The van der Waals surface area contributed by atoms with E-state index >= 15 is 0 Å². The van der Waals surface area contributed by atoms with Crippen molar-refractivity contribution in [2.75, 3.05) is 34.3 Å². The van der Waals surface area contributed by atoms with Crippen molar-refractivity contribution in [1.29, 1.82) is 0 Å². The van der Waals surface area contributed by atoms with Crippen LogP contribution in [0.15, 0.2) is 0 Å². The molecule has 2 N–H and O–H groups in total. The van der Waals surface area contributed by atoms with Crippen LogP contribution in [0, 0.1) is 58.2 Å². The summed E-state index contributed by atoms with van der Waals surface area (Å²) in [6, 6.07) is 0. The smallest absolute Gasteiger partial charge is 0.321 e. The molecule has 4 saturated carbocycles. The van der Waals surface area contributed by atoms with Crippen LogP contribution < -0.4 is 0 Å². The maximum absolute atomic E-state index is 12.7. The highest BCUT2D eigenvalue weighted by Crippen LogP contribution is 2.68. The van der Waals surface area contributed by atoms with E-state index in [0.717, 1.165) is 60.7 Å². The average Bonchev–Trinajstić information content (AvgIpc) is 3.33.